The van der Waals surface area contributed by atoms with Gasteiger partial charge in [0, 0.05) is 25.3 Å². The van der Waals surface area contributed by atoms with Gasteiger partial charge in [-0.25, -0.2) is 0 Å². The summed E-state index contributed by atoms with van der Waals surface area (Å²) in [4.78, 5) is 40.3. The molecule has 0 heterocycles. The molecule has 5 nitrogen and oxygen atoms in total. The van der Waals surface area contributed by atoms with E-state index in [0.717, 1.165) is 57.1 Å². The molecule has 0 unspecified atom stereocenters. The van der Waals surface area contributed by atoms with E-state index in [1.807, 2.05) is 0 Å². The van der Waals surface area contributed by atoms with Crippen molar-refractivity contribution in [3.63, 3.8) is 0 Å². The average molecular weight is 608 g/mol. The molecular weight excluding hydrogens is 546 g/mol. The number of ketones is 1. The molecule has 6 rings (SSSR count). The van der Waals surface area contributed by atoms with Crippen molar-refractivity contribution in [2.75, 3.05) is 6.54 Å². The molecule has 1 N–H and O–H groups in total. The predicted octanol–water partition coefficient (Wildman–Crippen LogP) is 8.60. The van der Waals surface area contributed by atoms with Gasteiger partial charge in [-0.15, -0.1) is 0 Å². The van der Waals surface area contributed by atoms with Crippen molar-refractivity contribution in [1.29, 1.82) is 0 Å². The molecule has 44 heavy (non-hydrogen) atoms. The van der Waals surface area contributed by atoms with Crippen LogP contribution >= 0.6 is 0 Å². The largest absolute Gasteiger partial charge is 0.462 e. The Morgan fingerprint density at radius 3 is 2.20 bits per heavy atom. The molecule has 0 aromatic heterocycles. The van der Waals surface area contributed by atoms with E-state index in [1.165, 1.54) is 44.1 Å². The Morgan fingerprint density at radius 1 is 0.841 bits per heavy atom. The second-order valence-electron chi connectivity index (χ2n) is 18.0. The average Bonchev–Trinajstić information content (AvgIpc) is 3.27. The molecule has 5 saturated carbocycles. The molecule has 0 saturated heterocycles. The van der Waals surface area contributed by atoms with Gasteiger partial charge in [-0.2, -0.15) is 0 Å². The Hall–Kier alpha value is -1.65. The van der Waals surface area contributed by atoms with Gasteiger partial charge < -0.3 is 10.1 Å². The summed E-state index contributed by atoms with van der Waals surface area (Å²) < 4.78 is 5.94. The van der Waals surface area contributed by atoms with Crippen molar-refractivity contribution in [2.24, 2.45) is 56.7 Å². The number of carbonyl (C=O) groups excluding carboxylic acids is 3. The van der Waals surface area contributed by atoms with Crippen LogP contribution in [0.4, 0.5) is 0 Å². The molecule has 5 fully saturated rings. The summed E-state index contributed by atoms with van der Waals surface area (Å²) >= 11 is 0. The highest BCUT2D eigenvalue weighted by atomic mass is 16.5. The minimum absolute atomic E-state index is 0.0139. The molecule has 0 aliphatic heterocycles. The lowest BCUT2D eigenvalue weighted by molar-refractivity contribution is -0.232. The van der Waals surface area contributed by atoms with Crippen molar-refractivity contribution >= 4 is 17.7 Å². The minimum Gasteiger partial charge on any atom is -0.462 e. The Labute approximate surface area is 267 Å². The monoisotopic (exact) mass is 607 g/mol. The van der Waals surface area contributed by atoms with Crippen molar-refractivity contribution in [2.45, 2.75) is 151 Å². The van der Waals surface area contributed by atoms with E-state index >= 15 is 0 Å². The smallest absolute Gasteiger partial charge is 0.302 e. The Kier molecular flexibility index (Phi) is 8.05. The fourth-order valence-corrected chi connectivity index (χ4v) is 13.1. The zero-order valence-electron chi connectivity index (χ0n) is 29.2. The van der Waals surface area contributed by atoms with E-state index in [-0.39, 0.29) is 57.3 Å². The lowest BCUT2D eigenvalue weighted by Crippen LogP contribution is -2.66. The highest BCUT2D eigenvalue weighted by Gasteiger charge is 2.71. The van der Waals surface area contributed by atoms with Gasteiger partial charge in [-0.05, 0) is 121 Å². The van der Waals surface area contributed by atoms with E-state index in [0.29, 0.717) is 24.2 Å². The van der Waals surface area contributed by atoms with Gasteiger partial charge in [0.2, 0.25) is 5.91 Å². The molecule has 0 radical (unpaired) electrons. The topological polar surface area (TPSA) is 72.5 Å². The normalized spacial score (nSPS) is 43.5. The van der Waals surface area contributed by atoms with Crippen LogP contribution in [0.15, 0.2) is 11.1 Å². The first kappa shape index (κ1) is 32.3. The second kappa shape index (κ2) is 11.0. The number of allylic oxidation sites excluding steroid dienone is 1. The Bertz CT molecular complexity index is 1230. The third-order valence-electron chi connectivity index (χ3n) is 15.4. The summed E-state index contributed by atoms with van der Waals surface area (Å²) in [7, 11) is 0. The molecule has 6 aliphatic carbocycles. The lowest BCUT2D eigenvalue weighted by Gasteiger charge is -2.72. The summed E-state index contributed by atoms with van der Waals surface area (Å²) in [5.74, 6) is 2.33. The van der Waals surface area contributed by atoms with E-state index in [4.69, 9.17) is 4.74 Å². The zero-order chi connectivity index (χ0) is 31.9. The molecule has 5 heteroatoms. The van der Waals surface area contributed by atoms with Crippen LogP contribution < -0.4 is 5.32 Å². The van der Waals surface area contributed by atoms with Gasteiger partial charge in [0.25, 0.3) is 0 Å². The number of carbonyl (C=O) groups is 3. The zero-order valence-corrected chi connectivity index (χ0v) is 29.2. The van der Waals surface area contributed by atoms with Gasteiger partial charge in [0.05, 0.1) is 5.41 Å². The van der Waals surface area contributed by atoms with Crippen LogP contribution in [-0.4, -0.2) is 30.3 Å². The van der Waals surface area contributed by atoms with Crippen LogP contribution in [0.5, 0.6) is 0 Å². The summed E-state index contributed by atoms with van der Waals surface area (Å²) in [5.41, 5.74) is 1.93. The van der Waals surface area contributed by atoms with Crippen LogP contribution in [0.25, 0.3) is 0 Å². The molecule has 1 amide bonds. The van der Waals surface area contributed by atoms with Crippen LogP contribution in [0.3, 0.4) is 0 Å². The first-order valence-corrected chi connectivity index (χ1v) is 18.3. The highest BCUT2D eigenvalue weighted by Crippen LogP contribution is 2.76. The molecule has 0 spiro atoms. The van der Waals surface area contributed by atoms with Crippen molar-refractivity contribution < 1.29 is 19.1 Å². The SMILES string of the molecule is CC(=O)O[C@H]1CC[C@]2(C)[C@H]3CC[C@@H]4C5=C(C(C)C)C(=O)C[C@]5(C(=O)NCC5CCCCC5)CC[C@@]4(C)[C@]3(C)CC[C@H]2C1(C)C. The summed E-state index contributed by atoms with van der Waals surface area (Å²) in [6, 6.07) is 0. The quantitative estimate of drug-likeness (QED) is 0.318. The third-order valence-corrected chi connectivity index (χ3v) is 15.4. The number of amides is 1. The van der Waals surface area contributed by atoms with Crippen LogP contribution in [0.1, 0.15) is 145 Å². The summed E-state index contributed by atoms with van der Waals surface area (Å²) in [6.45, 7) is 19.1. The predicted molar refractivity (Wildman–Crippen MR) is 175 cm³/mol. The number of ether oxygens (including phenoxy) is 1. The number of esters is 1. The van der Waals surface area contributed by atoms with E-state index in [9.17, 15) is 14.4 Å². The molecule has 8 atom stereocenters. The minimum atomic E-state index is -0.649. The molecular formula is C39H61NO4. The van der Waals surface area contributed by atoms with E-state index < -0.39 is 5.41 Å². The van der Waals surface area contributed by atoms with Gasteiger partial charge in [0.1, 0.15) is 6.10 Å². The number of hydrogen-bond donors (Lipinski definition) is 1. The van der Waals surface area contributed by atoms with Gasteiger partial charge in [-0.1, -0.05) is 67.7 Å². The fraction of sp³-hybridized carbons (Fsp3) is 0.872. The first-order valence-electron chi connectivity index (χ1n) is 18.3. The maximum atomic E-state index is 14.4. The number of nitrogens with one attached hydrogen (secondary N) is 1. The maximum Gasteiger partial charge on any atom is 0.302 e. The lowest BCUT2D eigenvalue weighted by atomic mass is 9.33. The van der Waals surface area contributed by atoms with Crippen molar-refractivity contribution in [3.8, 4) is 0 Å². The van der Waals surface area contributed by atoms with Gasteiger partial charge >= 0.3 is 5.97 Å². The fourth-order valence-electron chi connectivity index (χ4n) is 13.1. The van der Waals surface area contributed by atoms with Crippen molar-refractivity contribution in [3.05, 3.63) is 11.1 Å². The molecule has 0 bridgehead atoms. The molecule has 0 aromatic rings. The highest BCUT2D eigenvalue weighted by molar-refractivity contribution is 6.06. The van der Waals surface area contributed by atoms with Crippen LogP contribution in [0, 0.1) is 56.7 Å². The number of Topliss-reactive ketones (excluding diaryl/α,β-unsaturated/α-hetero) is 1. The summed E-state index contributed by atoms with van der Waals surface area (Å²) in [5, 5.41) is 3.45. The molecule has 0 aromatic carbocycles. The number of hydrogen-bond acceptors (Lipinski definition) is 4. The van der Waals surface area contributed by atoms with Crippen molar-refractivity contribution in [1.82, 2.24) is 5.32 Å². The molecule has 246 valence electrons. The number of rotatable bonds is 5. The van der Waals surface area contributed by atoms with E-state index in [1.54, 1.807) is 6.92 Å². The van der Waals surface area contributed by atoms with Crippen LogP contribution in [-0.2, 0) is 19.1 Å². The Balaban J connectivity index is 1.34. The molecule has 6 aliphatic rings. The third kappa shape index (κ3) is 4.54. The Morgan fingerprint density at radius 2 is 1.55 bits per heavy atom. The number of fused-ring (bicyclic) bond motifs is 7. The van der Waals surface area contributed by atoms with Gasteiger partial charge in [0.15, 0.2) is 5.78 Å². The second-order valence-corrected chi connectivity index (χ2v) is 18.0. The van der Waals surface area contributed by atoms with Crippen LogP contribution in [0.2, 0.25) is 0 Å². The maximum absolute atomic E-state index is 14.4. The van der Waals surface area contributed by atoms with Gasteiger partial charge in [-0.3, -0.25) is 14.4 Å². The standard InChI is InChI=1S/C39H61NO4/c1-24(2)32-28(42)22-39(34(43)40-23-26-12-10-9-11-13-26)21-20-37(7)27(33(32)39)14-15-30-36(6)18-17-31(44-25(3)41)35(4,5)29(36)16-19-38(30,37)8/h24,26-27,29-31H,9-23H2,1-8H3,(H,40,43)/t27-,29+,30-,31+,36+,37-,38-,39-/m1/s1. The van der Waals surface area contributed by atoms with E-state index in [2.05, 4.69) is 53.8 Å². The summed E-state index contributed by atoms with van der Waals surface area (Å²) in [6.07, 6.45) is 15.1. The first-order chi connectivity index (χ1) is 20.6.